The van der Waals surface area contributed by atoms with Crippen molar-refractivity contribution in [1.29, 1.82) is 0 Å². The fraction of sp³-hybridized carbons (Fsp3) is 0.625. The molecule has 1 heterocycles. The summed E-state index contributed by atoms with van der Waals surface area (Å²) >= 11 is 12.0. The van der Waals surface area contributed by atoms with Gasteiger partial charge in [0.25, 0.3) is 0 Å². The molecular formula is C16H24Cl3NO. The van der Waals surface area contributed by atoms with Crippen LogP contribution in [0.5, 0.6) is 0 Å². The predicted molar refractivity (Wildman–Crippen MR) is 93.1 cm³/mol. The van der Waals surface area contributed by atoms with Gasteiger partial charge in [-0.3, -0.25) is 0 Å². The van der Waals surface area contributed by atoms with Crippen molar-refractivity contribution in [1.82, 2.24) is 4.90 Å². The van der Waals surface area contributed by atoms with Crippen LogP contribution in [0.4, 0.5) is 0 Å². The Kier molecular flexibility index (Phi) is 9.00. The number of benzene rings is 1. The van der Waals surface area contributed by atoms with E-state index in [0.29, 0.717) is 10.0 Å². The summed E-state index contributed by atoms with van der Waals surface area (Å²) < 4.78 is 0. The van der Waals surface area contributed by atoms with Gasteiger partial charge in [-0.15, -0.1) is 12.4 Å². The highest BCUT2D eigenvalue weighted by Crippen LogP contribution is 2.28. The topological polar surface area (TPSA) is 23.5 Å². The number of likely N-dealkylation sites (tertiary alicyclic amines) is 1. The lowest BCUT2D eigenvalue weighted by molar-refractivity contribution is 0.226. The summed E-state index contributed by atoms with van der Waals surface area (Å²) in [5.74, 6) is 0.146. The van der Waals surface area contributed by atoms with E-state index < -0.39 is 0 Å². The SMILES string of the molecule is Cl.OCC(CCN1CCCCCC1)c1ccc(Cl)c(Cl)c1. The molecule has 0 radical (unpaired) electrons. The fourth-order valence-electron chi connectivity index (χ4n) is 2.83. The molecule has 1 unspecified atom stereocenters. The molecule has 2 rings (SSSR count). The van der Waals surface area contributed by atoms with Crippen molar-refractivity contribution >= 4 is 35.6 Å². The van der Waals surface area contributed by atoms with Gasteiger partial charge in [0, 0.05) is 12.5 Å². The lowest BCUT2D eigenvalue weighted by Gasteiger charge is -2.23. The number of nitrogens with zero attached hydrogens (tertiary/aromatic N) is 1. The van der Waals surface area contributed by atoms with E-state index in [2.05, 4.69) is 4.90 Å². The van der Waals surface area contributed by atoms with E-state index in [1.165, 1.54) is 38.8 Å². The van der Waals surface area contributed by atoms with Gasteiger partial charge < -0.3 is 10.0 Å². The standard InChI is InChI=1S/C16H23Cl2NO.ClH/c17-15-6-5-13(11-16(15)18)14(12-20)7-10-19-8-3-1-2-4-9-19;/h5-6,11,14,20H,1-4,7-10,12H2;1H. The average molecular weight is 353 g/mol. The molecule has 1 saturated heterocycles. The maximum absolute atomic E-state index is 9.63. The van der Waals surface area contributed by atoms with E-state index in [-0.39, 0.29) is 24.9 Å². The molecule has 0 aliphatic carbocycles. The molecule has 21 heavy (non-hydrogen) atoms. The van der Waals surface area contributed by atoms with Crippen LogP contribution in [0, 0.1) is 0 Å². The number of halogens is 3. The molecule has 1 aromatic carbocycles. The van der Waals surface area contributed by atoms with E-state index in [9.17, 15) is 5.11 Å². The maximum atomic E-state index is 9.63. The van der Waals surface area contributed by atoms with Crippen LogP contribution in [-0.4, -0.2) is 36.2 Å². The van der Waals surface area contributed by atoms with E-state index in [4.69, 9.17) is 23.2 Å². The molecule has 1 N–H and O–H groups in total. The molecule has 120 valence electrons. The van der Waals surface area contributed by atoms with Gasteiger partial charge in [0.15, 0.2) is 0 Å². The van der Waals surface area contributed by atoms with Crippen LogP contribution in [0.25, 0.3) is 0 Å². The first-order chi connectivity index (χ1) is 9.70. The van der Waals surface area contributed by atoms with Gasteiger partial charge in [0.05, 0.1) is 10.0 Å². The lowest BCUT2D eigenvalue weighted by Crippen LogP contribution is -2.27. The van der Waals surface area contributed by atoms with Crippen LogP contribution >= 0.6 is 35.6 Å². The van der Waals surface area contributed by atoms with Crippen molar-refractivity contribution in [2.75, 3.05) is 26.2 Å². The summed E-state index contributed by atoms with van der Waals surface area (Å²) in [6, 6.07) is 5.67. The highest BCUT2D eigenvalue weighted by Gasteiger charge is 2.15. The third-order valence-electron chi connectivity index (χ3n) is 4.13. The number of hydrogen-bond donors (Lipinski definition) is 1. The van der Waals surface area contributed by atoms with Gasteiger partial charge in [-0.2, -0.15) is 0 Å². The van der Waals surface area contributed by atoms with E-state index in [0.717, 1.165) is 18.5 Å². The minimum atomic E-state index is 0. The molecule has 1 fully saturated rings. The van der Waals surface area contributed by atoms with Crippen LogP contribution in [0.1, 0.15) is 43.6 Å². The Hall–Kier alpha value is 0.01000. The minimum Gasteiger partial charge on any atom is -0.396 e. The highest BCUT2D eigenvalue weighted by molar-refractivity contribution is 6.42. The van der Waals surface area contributed by atoms with Gasteiger partial charge in [-0.1, -0.05) is 42.1 Å². The minimum absolute atomic E-state index is 0. The third kappa shape index (κ3) is 5.96. The first-order valence-corrected chi connectivity index (χ1v) is 8.24. The van der Waals surface area contributed by atoms with Crippen molar-refractivity contribution in [2.45, 2.75) is 38.0 Å². The van der Waals surface area contributed by atoms with Gasteiger partial charge in [-0.05, 0) is 56.6 Å². The molecule has 0 bridgehead atoms. The maximum Gasteiger partial charge on any atom is 0.0595 e. The summed E-state index contributed by atoms with van der Waals surface area (Å²) in [5.41, 5.74) is 1.08. The Balaban J connectivity index is 0.00000220. The van der Waals surface area contributed by atoms with E-state index >= 15 is 0 Å². The van der Waals surface area contributed by atoms with Crippen LogP contribution in [0.15, 0.2) is 18.2 Å². The van der Waals surface area contributed by atoms with Crippen LogP contribution < -0.4 is 0 Å². The van der Waals surface area contributed by atoms with Gasteiger partial charge >= 0.3 is 0 Å². The largest absolute Gasteiger partial charge is 0.396 e. The summed E-state index contributed by atoms with van der Waals surface area (Å²) in [6.07, 6.45) is 6.28. The molecule has 1 aromatic rings. The zero-order valence-electron chi connectivity index (χ0n) is 12.2. The van der Waals surface area contributed by atoms with Crippen LogP contribution in [-0.2, 0) is 0 Å². The second-order valence-corrected chi connectivity index (χ2v) is 6.41. The van der Waals surface area contributed by atoms with Gasteiger partial charge in [0.1, 0.15) is 0 Å². The Bertz CT molecular complexity index is 420. The summed E-state index contributed by atoms with van der Waals surface area (Å²) in [5, 5.41) is 10.8. The quantitative estimate of drug-likeness (QED) is 0.826. The number of aliphatic hydroxyl groups excluding tert-OH is 1. The first kappa shape index (κ1) is 19.1. The Morgan fingerprint density at radius 2 is 1.71 bits per heavy atom. The Morgan fingerprint density at radius 1 is 1.05 bits per heavy atom. The molecular weight excluding hydrogens is 329 g/mol. The molecule has 1 aliphatic heterocycles. The number of hydrogen-bond acceptors (Lipinski definition) is 2. The van der Waals surface area contributed by atoms with Crippen molar-refractivity contribution in [3.63, 3.8) is 0 Å². The third-order valence-corrected chi connectivity index (χ3v) is 4.87. The second kappa shape index (κ2) is 9.91. The zero-order chi connectivity index (χ0) is 14.4. The van der Waals surface area contributed by atoms with E-state index in [1.54, 1.807) is 0 Å². The lowest BCUT2D eigenvalue weighted by atomic mass is 9.96. The van der Waals surface area contributed by atoms with Crippen molar-refractivity contribution in [3.8, 4) is 0 Å². The van der Waals surface area contributed by atoms with Crippen molar-refractivity contribution in [2.24, 2.45) is 0 Å². The smallest absolute Gasteiger partial charge is 0.0595 e. The number of rotatable bonds is 5. The monoisotopic (exact) mass is 351 g/mol. The molecule has 5 heteroatoms. The molecule has 1 aliphatic rings. The van der Waals surface area contributed by atoms with Crippen LogP contribution in [0.3, 0.4) is 0 Å². The highest BCUT2D eigenvalue weighted by atomic mass is 35.5. The summed E-state index contributed by atoms with van der Waals surface area (Å²) in [7, 11) is 0. The van der Waals surface area contributed by atoms with Gasteiger partial charge in [-0.25, -0.2) is 0 Å². The van der Waals surface area contributed by atoms with E-state index in [1.807, 2.05) is 18.2 Å². The molecule has 0 amide bonds. The first-order valence-electron chi connectivity index (χ1n) is 7.49. The fourth-order valence-corrected chi connectivity index (χ4v) is 3.13. The summed E-state index contributed by atoms with van der Waals surface area (Å²) in [6.45, 7) is 3.59. The molecule has 2 nitrogen and oxygen atoms in total. The molecule has 0 aromatic heterocycles. The molecule has 1 atom stereocenters. The van der Waals surface area contributed by atoms with Crippen molar-refractivity contribution < 1.29 is 5.11 Å². The number of aliphatic hydroxyl groups is 1. The van der Waals surface area contributed by atoms with Crippen LogP contribution in [0.2, 0.25) is 10.0 Å². The summed E-state index contributed by atoms with van der Waals surface area (Å²) in [4.78, 5) is 2.52. The Morgan fingerprint density at radius 3 is 2.29 bits per heavy atom. The van der Waals surface area contributed by atoms with Gasteiger partial charge in [0.2, 0.25) is 0 Å². The molecule has 0 saturated carbocycles. The predicted octanol–water partition coefficient (Wildman–Crippen LogP) is 4.76. The second-order valence-electron chi connectivity index (χ2n) is 5.60. The van der Waals surface area contributed by atoms with Crippen molar-refractivity contribution in [3.05, 3.63) is 33.8 Å². The Labute approximate surface area is 143 Å². The zero-order valence-corrected chi connectivity index (χ0v) is 14.6. The molecule has 0 spiro atoms. The average Bonchev–Trinajstić information content (AvgIpc) is 2.72. The normalized spacial score (nSPS) is 17.9.